The van der Waals surface area contributed by atoms with Gasteiger partial charge in [0.2, 0.25) is 0 Å². The summed E-state index contributed by atoms with van der Waals surface area (Å²) < 4.78 is 25.8. The third-order valence-electron chi connectivity index (χ3n) is 6.33. The fourth-order valence-corrected chi connectivity index (χ4v) is 4.15. The summed E-state index contributed by atoms with van der Waals surface area (Å²) in [5.74, 6) is 0.141. The number of methoxy groups -OCH3 is 1. The molecule has 6 nitrogen and oxygen atoms in total. The number of carbonyl (C=O) groups excluding carboxylic acids is 1. The van der Waals surface area contributed by atoms with Crippen molar-refractivity contribution in [3.8, 4) is 11.5 Å². The van der Waals surface area contributed by atoms with E-state index in [4.69, 9.17) is 9.47 Å². The maximum absolute atomic E-state index is 14.6. The van der Waals surface area contributed by atoms with Gasteiger partial charge in [0, 0.05) is 23.2 Å². The quantitative estimate of drug-likeness (QED) is 0.590. The number of halogens is 1. The van der Waals surface area contributed by atoms with E-state index in [1.807, 2.05) is 31.2 Å². The Bertz CT molecular complexity index is 1190. The molecule has 2 N–H and O–H groups in total. The molecule has 1 aliphatic carbocycles. The number of benzene rings is 2. The first-order chi connectivity index (χ1) is 15.5. The van der Waals surface area contributed by atoms with E-state index in [1.165, 1.54) is 12.1 Å². The van der Waals surface area contributed by atoms with E-state index in [9.17, 15) is 9.18 Å². The zero-order valence-corrected chi connectivity index (χ0v) is 18.2. The molecule has 2 aromatic carbocycles. The molecule has 0 unspecified atom stereocenters. The first kappa shape index (κ1) is 20.7. The maximum atomic E-state index is 14.6. The summed E-state index contributed by atoms with van der Waals surface area (Å²) in [5, 5.41) is 7.30. The van der Waals surface area contributed by atoms with Crippen LogP contribution < -0.4 is 20.1 Å². The smallest absolute Gasteiger partial charge is 0.255 e. The Balaban J connectivity index is 1.42. The Morgan fingerprint density at radius 2 is 2.03 bits per heavy atom. The molecule has 1 aromatic heterocycles. The molecule has 0 spiro atoms. The normalized spacial score (nSPS) is 18.7. The zero-order valence-electron chi connectivity index (χ0n) is 18.2. The third-order valence-corrected chi connectivity index (χ3v) is 6.33. The summed E-state index contributed by atoms with van der Waals surface area (Å²) in [6.45, 7) is 3.42. The van der Waals surface area contributed by atoms with E-state index >= 15 is 0 Å². The number of hydrogen-bond acceptors (Lipinski definition) is 5. The molecule has 5 rings (SSSR count). The average Bonchev–Trinajstić information content (AvgIpc) is 3.53. The number of amides is 1. The predicted molar refractivity (Wildman–Crippen MR) is 120 cm³/mol. The highest BCUT2D eigenvalue weighted by molar-refractivity contribution is 5.96. The predicted octanol–water partition coefficient (Wildman–Crippen LogP) is 3.85. The molecule has 7 heteroatoms. The van der Waals surface area contributed by atoms with Crippen molar-refractivity contribution in [2.75, 3.05) is 20.3 Å². The molecule has 2 heterocycles. The van der Waals surface area contributed by atoms with Gasteiger partial charge in [0.1, 0.15) is 23.9 Å². The van der Waals surface area contributed by atoms with Gasteiger partial charge < -0.3 is 20.1 Å². The molecule has 3 aromatic rings. The fourth-order valence-electron chi connectivity index (χ4n) is 4.15. The van der Waals surface area contributed by atoms with Crippen LogP contribution in [0, 0.1) is 12.7 Å². The van der Waals surface area contributed by atoms with Gasteiger partial charge in [-0.15, -0.1) is 0 Å². The molecule has 1 aliphatic heterocycles. The number of rotatable bonds is 7. The Labute approximate surface area is 186 Å². The SMILES string of the molecule is COc1cc(C2(NC(=O)c3cc(OC[C@@H]4CCN4)ccc3F)CC2)c2ccc(C)nc2c1. The van der Waals surface area contributed by atoms with Crippen LogP contribution in [0.25, 0.3) is 10.9 Å². The summed E-state index contributed by atoms with van der Waals surface area (Å²) in [7, 11) is 1.61. The second-order valence-corrected chi connectivity index (χ2v) is 8.62. The van der Waals surface area contributed by atoms with Crippen molar-refractivity contribution in [2.24, 2.45) is 0 Å². The van der Waals surface area contributed by atoms with Gasteiger partial charge in [-0.2, -0.15) is 0 Å². The van der Waals surface area contributed by atoms with Gasteiger partial charge in [-0.1, -0.05) is 6.07 Å². The van der Waals surface area contributed by atoms with E-state index in [0.29, 0.717) is 24.1 Å². The van der Waals surface area contributed by atoms with Crippen molar-refractivity contribution in [2.45, 2.75) is 37.8 Å². The van der Waals surface area contributed by atoms with Gasteiger partial charge in [0.15, 0.2) is 0 Å². The lowest BCUT2D eigenvalue weighted by atomic mass is 9.97. The van der Waals surface area contributed by atoms with E-state index in [-0.39, 0.29) is 5.56 Å². The molecule has 0 radical (unpaired) electrons. The number of pyridine rings is 1. The van der Waals surface area contributed by atoms with Crippen molar-refractivity contribution >= 4 is 16.8 Å². The van der Waals surface area contributed by atoms with Crippen molar-refractivity contribution in [1.82, 2.24) is 15.6 Å². The minimum absolute atomic E-state index is 0.0171. The maximum Gasteiger partial charge on any atom is 0.255 e. The lowest BCUT2D eigenvalue weighted by Crippen LogP contribution is -2.46. The number of nitrogens with one attached hydrogen (secondary N) is 2. The van der Waals surface area contributed by atoms with Gasteiger partial charge in [0.05, 0.1) is 23.7 Å². The number of aromatic nitrogens is 1. The Hall–Kier alpha value is -3.19. The van der Waals surface area contributed by atoms with Gasteiger partial charge in [-0.05, 0) is 68.6 Å². The van der Waals surface area contributed by atoms with Crippen LogP contribution in [0.1, 0.15) is 40.9 Å². The largest absolute Gasteiger partial charge is 0.497 e. The minimum atomic E-state index is -0.569. The standard InChI is InChI=1S/C25H26FN3O3/c1-15-3-5-19-21(12-18(31-2)13-23(19)28-15)25(8-9-25)29-24(30)20-11-17(4-6-22(20)26)32-14-16-7-10-27-16/h3-6,11-13,16,27H,7-10,14H2,1-2H3,(H,29,30)/t16-/m0/s1. The molecule has 2 fully saturated rings. The van der Waals surface area contributed by atoms with Gasteiger partial charge in [-0.25, -0.2) is 4.39 Å². The molecule has 0 bridgehead atoms. The fraction of sp³-hybridized carbons (Fsp3) is 0.360. The highest BCUT2D eigenvalue weighted by Crippen LogP contribution is 2.49. The monoisotopic (exact) mass is 435 g/mol. The molecule has 1 saturated carbocycles. The molecular weight excluding hydrogens is 409 g/mol. The number of fused-ring (bicyclic) bond motifs is 1. The lowest BCUT2D eigenvalue weighted by molar-refractivity contribution is 0.0926. The van der Waals surface area contributed by atoms with Crippen molar-refractivity contribution < 1.29 is 18.7 Å². The van der Waals surface area contributed by atoms with Crippen LogP contribution in [0.4, 0.5) is 4.39 Å². The van der Waals surface area contributed by atoms with E-state index in [0.717, 1.165) is 48.0 Å². The Morgan fingerprint density at radius 1 is 1.22 bits per heavy atom. The van der Waals surface area contributed by atoms with Gasteiger partial charge in [0.25, 0.3) is 5.91 Å². The summed E-state index contributed by atoms with van der Waals surface area (Å²) in [4.78, 5) is 17.8. The first-order valence-corrected chi connectivity index (χ1v) is 10.9. The van der Waals surface area contributed by atoms with Crippen molar-refractivity contribution in [3.05, 3.63) is 65.1 Å². The number of aryl methyl sites for hydroxylation is 1. The highest BCUT2D eigenvalue weighted by Gasteiger charge is 2.47. The summed E-state index contributed by atoms with van der Waals surface area (Å²) >= 11 is 0. The average molecular weight is 435 g/mol. The molecule has 1 amide bonds. The van der Waals surface area contributed by atoms with Crippen LogP contribution in [0.2, 0.25) is 0 Å². The van der Waals surface area contributed by atoms with Gasteiger partial charge >= 0.3 is 0 Å². The topological polar surface area (TPSA) is 72.5 Å². The summed E-state index contributed by atoms with van der Waals surface area (Å²) in [6, 6.07) is 12.4. The number of nitrogens with zero attached hydrogens (tertiary/aromatic N) is 1. The molecule has 166 valence electrons. The lowest BCUT2D eigenvalue weighted by Gasteiger charge is -2.27. The van der Waals surface area contributed by atoms with E-state index in [1.54, 1.807) is 13.2 Å². The summed E-state index contributed by atoms with van der Waals surface area (Å²) in [5.41, 5.74) is 2.07. The van der Waals surface area contributed by atoms with Crippen molar-refractivity contribution in [3.63, 3.8) is 0 Å². The van der Waals surface area contributed by atoms with Crippen LogP contribution >= 0.6 is 0 Å². The van der Waals surface area contributed by atoms with Crippen LogP contribution in [0.5, 0.6) is 11.5 Å². The number of carbonyl (C=O) groups is 1. The zero-order chi connectivity index (χ0) is 22.3. The molecular formula is C25H26FN3O3. The molecule has 2 aliphatic rings. The van der Waals surface area contributed by atoms with Crippen LogP contribution in [0.15, 0.2) is 42.5 Å². The number of hydrogen-bond donors (Lipinski definition) is 2. The minimum Gasteiger partial charge on any atom is -0.497 e. The second kappa shape index (κ2) is 8.06. The third kappa shape index (κ3) is 3.88. The number of ether oxygens (including phenoxy) is 2. The Morgan fingerprint density at radius 3 is 2.72 bits per heavy atom. The molecule has 32 heavy (non-hydrogen) atoms. The highest BCUT2D eigenvalue weighted by atomic mass is 19.1. The van der Waals surface area contributed by atoms with Crippen molar-refractivity contribution in [1.29, 1.82) is 0 Å². The van der Waals surface area contributed by atoms with E-state index in [2.05, 4.69) is 15.6 Å². The second-order valence-electron chi connectivity index (χ2n) is 8.62. The van der Waals surface area contributed by atoms with E-state index < -0.39 is 17.3 Å². The van der Waals surface area contributed by atoms with Crippen LogP contribution in [-0.4, -0.2) is 37.2 Å². The molecule has 1 saturated heterocycles. The Kier molecular flexibility index (Phi) is 5.21. The summed E-state index contributed by atoms with van der Waals surface area (Å²) in [6.07, 6.45) is 2.58. The van der Waals surface area contributed by atoms with Crippen LogP contribution in [0.3, 0.4) is 0 Å². The van der Waals surface area contributed by atoms with Gasteiger partial charge in [-0.3, -0.25) is 9.78 Å². The van der Waals surface area contributed by atoms with Crippen LogP contribution in [-0.2, 0) is 5.54 Å². The first-order valence-electron chi connectivity index (χ1n) is 10.9. The molecule has 1 atom stereocenters.